The summed E-state index contributed by atoms with van der Waals surface area (Å²) in [7, 11) is 0. The summed E-state index contributed by atoms with van der Waals surface area (Å²) in [6.07, 6.45) is 5.60. The third-order valence-electron chi connectivity index (χ3n) is 5.22. The minimum absolute atomic E-state index is 0.0692. The molecule has 3 aliphatic heterocycles. The molecule has 23 heavy (non-hydrogen) atoms. The van der Waals surface area contributed by atoms with Crippen LogP contribution in [0.15, 0.2) is 22.7 Å². The molecule has 2 amide bonds. The van der Waals surface area contributed by atoms with Crippen molar-refractivity contribution in [3.63, 3.8) is 0 Å². The lowest BCUT2D eigenvalue weighted by Crippen LogP contribution is -2.44. The Kier molecular flexibility index (Phi) is 2.44. The molecule has 1 N–H and O–H groups in total. The average molecular weight is 315 g/mol. The van der Waals surface area contributed by atoms with Gasteiger partial charge in [-0.25, -0.2) is 0 Å². The van der Waals surface area contributed by atoms with Crippen LogP contribution in [0.25, 0.3) is 0 Å². The van der Waals surface area contributed by atoms with Gasteiger partial charge in [0.05, 0.1) is 24.5 Å². The van der Waals surface area contributed by atoms with Crippen molar-refractivity contribution in [3.8, 4) is 0 Å². The Bertz CT molecular complexity index is 737. The van der Waals surface area contributed by atoms with Gasteiger partial charge in [-0.3, -0.25) is 14.5 Å². The van der Waals surface area contributed by atoms with Crippen molar-refractivity contribution in [2.75, 3.05) is 11.4 Å². The Balaban J connectivity index is 1.48. The zero-order chi connectivity index (χ0) is 15.8. The van der Waals surface area contributed by atoms with E-state index in [2.05, 4.69) is 10.5 Å². The van der Waals surface area contributed by atoms with Crippen LogP contribution >= 0.6 is 0 Å². The largest absolute Gasteiger partial charge is 0.360 e. The highest BCUT2D eigenvalue weighted by Gasteiger charge is 2.67. The van der Waals surface area contributed by atoms with Gasteiger partial charge in [0.25, 0.3) is 0 Å². The summed E-state index contributed by atoms with van der Waals surface area (Å²) in [5.74, 6) is 0.0185. The zero-order valence-corrected chi connectivity index (χ0v) is 12.7. The fourth-order valence-corrected chi connectivity index (χ4v) is 4.00. The van der Waals surface area contributed by atoms with Crippen molar-refractivity contribution in [3.05, 3.63) is 24.0 Å². The summed E-state index contributed by atoms with van der Waals surface area (Å²) in [6, 6.07) is 2.00. The molecule has 4 aliphatic rings. The van der Waals surface area contributed by atoms with Gasteiger partial charge in [0.1, 0.15) is 11.4 Å². The standard InChI is InChI=1S/C16H17N3O4/c1-8-6-11(18-23-8)19-7-16-5-4-10(22-16)12(13(16)15(19)21)14(20)17-9-2-3-9/h4-6,9-10,12-13H,2-3,7H2,1H3,(H,17,20)/t10-,12-,13+,16-/m1/s1. The predicted molar refractivity (Wildman–Crippen MR) is 78.5 cm³/mol. The van der Waals surface area contributed by atoms with Crippen LogP contribution < -0.4 is 10.2 Å². The number of nitrogens with one attached hydrogen (secondary N) is 1. The van der Waals surface area contributed by atoms with Gasteiger partial charge in [-0.1, -0.05) is 17.3 Å². The number of hydrogen-bond donors (Lipinski definition) is 1. The number of hydrogen-bond acceptors (Lipinski definition) is 5. The second-order valence-corrected chi connectivity index (χ2v) is 6.90. The van der Waals surface area contributed by atoms with Gasteiger partial charge in [0.15, 0.2) is 5.82 Å². The van der Waals surface area contributed by atoms with Gasteiger partial charge in [-0.15, -0.1) is 0 Å². The molecule has 0 unspecified atom stereocenters. The molecule has 5 rings (SSSR count). The van der Waals surface area contributed by atoms with E-state index in [4.69, 9.17) is 9.26 Å². The number of nitrogens with zero attached hydrogens (tertiary/aromatic N) is 2. The molecular formula is C16H17N3O4. The Hall–Kier alpha value is -2.15. The number of amides is 2. The van der Waals surface area contributed by atoms with Crippen molar-refractivity contribution < 1.29 is 18.8 Å². The van der Waals surface area contributed by atoms with Crippen LogP contribution in [-0.4, -0.2) is 41.3 Å². The molecule has 1 spiro atoms. The normalized spacial score (nSPS) is 37.5. The van der Waals surface area contributed by atoms with Crippen LogP contribution in [-0.2, 0) is 14.3 Å². The molecule has 1 aromatic heterocycles. The molecule has 1 saturated carbocycles. The van der Waals surface area contributed by atoms with E-state index in [9.17, 15) is 9.59 Å². The lowest BCUT2D eigenvalue weighted by atomic mass is 9.77. The molecule has 1 aromatic rings. The van der Waals surface area contributed by atoms with Crippen molar-refractivity contribution in [2.24, 2.45) is 11.8 Å². The summed E-state index contributed by atoms with van der Waals surface area (Å²) < 4.78 is 11.1. The van der Waals surface area contributed by atoms with Crippen molar-refractivity contribution in [1.82, 2.24) is 10.5 Å². The first kappa shape index (κ1) is 13.3. The highest BCUT2D eigenvalue weighted by atomic mass is 16.5. The van der Waals surface area contributed by atoms with E-state index < -0.39 is 17.4 Å². The van der Waals surface area contributed by atoms with E-state index >= 15 is 0 Å². The van der Waals surface area contributed by atoms with E-state index in [1.54, 1.807) is 17.9 Å². The van der Waals surface area contributed by atoms with Crippen LogP contribution in [0.2, 0.25) is 0 Å². The van der Waals surface area contributed by atoms with E-state index in [0.717, 1.165) is 12.8 Å². The zero-order valence-electron chi connectivity index (χ0n) is 12.7. The SMILES string of the molecule is Cc1cc(N2C[C@@]34C=C[C@@H](O3)[C@@H](C(=O)NC3CC3)[C@H]4C2=O)no1. The number of aromatic nitrogens is 1. The number of ether oxygens (including phenoxy) is 1. The molecule has 120 valence electrons. The maximum atomic E-state index is 12.9. The smallest absolute Gasteiger partial charge is 0.235 e. The number of fused-ring (bicyclic) bond motifs is 1. The van der Waals surface area contributed by atoms with Gasteiger partial charge in [-0.05, 0) is 19.8 Å². The van der Waals surface area contributed by atoms with Crippen molar-refractivity contribution in [2.45, 2.75) is 37.5 Å². The van der Waals surface area contributed by atoms with Gasteiger partial charge in [-0.2, -0.15) is 0 Å². The monoisotopic (exact) mass is 315 g/mol. The maximum absolute atomic E-state index is 12.9. The third-order valence-corrected chi connectivity index (χ3v) is 5.22. The Morgan fingerprint density at radius 3 is 3.00 bits per heavy atom. The van der Waals surface area contributed by atoms with Crippen molar-refractivity contribution >= 4 is 17.6 Å². The van der Waals surface area contributed by atoms with Crippen LogP contribution in [0.3, 0.4) is 0 Å². The molecule has 3 fully saturated rings. The number of carbonyl (C=O) groups is 2. The molecule has 0 aromatic carbocycles. The second kappa shape index (κ2) is 4.23. The van der Waals surface area contributed by atoms with Gasteiger partial charge in [0, 0.05) is 12.1 Å². The fraction of sp³-hybridized carbons (Fsp3) is 0.562. The Morgan fingerprint density at radius 2 is 2.30 bits per heavy atom. The molecule has 1 aliphatic carbocycles. The number of aryl methyl sites for hydroxylation is 1. The fourth-order valence-electron chi connectivity index (χ4n) is 4.00. The number of anilines is 1. The van der Waals surface area contributed by atoms with Crippen LogP contribution in [0.4, 0.5) is 5.82 Å². The molecule has 2 saturated heterocycles. The third kappa shape index (κ3) is 1.77. The summed E-state index contributed by atoms with van der Waals surface area (Å²) in [4.78, 5) is 27.1. The lowest BCUT2D eigenvalue weighted by molar-refractivity contribution is -0.132. The molecular weight excluding hydrogens is 298 g/mol. The first-order valence-electron chi connectivity index (χ1n) is 8.00. The second-order valence-electron chi connectivity index (χ2n) is 6.90. The molecule has 7 heteroatoms. The Labute approximate surface area is 132 Å². The minimum Gasteiger partial charge on any atom is -0.360 e. The van der Waals surface area contributed by atoms with Crippen molar-refractivity contribution in [1.29, 1.82) is 0 Å². The van der Waals surface area contributed by atoms with Crippen LogP contribution in [0, 0.1) is 18.8 Å². The van der Waals surface area contributed by atoms with Crippen LogP contribution in [0.1, 0.15) is 18.6 Å². The summed E-state index contributed by atoms with van der Waals surface area (Å²) in [5.41, 5.74) is -0.708. The molecule has 4 heterocycles. The minimum atomic E-state index is -0.708. The highest BCUT2D eigenvalue weighted by Crippen LogP contribution is 2.52. The highest BCUT2D eigenvalue weighted by molar-refractivity contribution is 6.02. The van der Waals surface area contributed by atoms with E-state index in [0.29, 0.717) is 18.1 Å². The summed E-state index contributed by atoms with van der Waals surface area (Å²) in [5, 5.41) is 6.94. The topological polar surface area (TPSA) is 84.7 Å². The molecule has 0 radical (unpaired) electrons. The molecule has 4 atom stereocenters. The van der Waals surface area contributed by atoms with Crippen LogP contribution in [0.5, 0.6) is 0 Å². The number of carbonyl (C=O) groups excluding carboxylic acids is 2. The quantitative estimate of drug-likeness (QED) is 0.823. The lowest BCUT2D eigenvalue weighted by Gasteiger charge is -2.23. The Morgan fingerprint density at radius 1 is 1.48 bits per heavy atom. The van der Waals surface area contributed by atoms with E-state index in [1.807, 2.05) is 12.2 Å². The van der Waals surface area contributed by atoms with Gasteiger partial charge < -0.3 is 14.6 Å². The summed E-state index contributed by atoms with van der Waals surface area (Å²) in [6.45, 7) is 2.16. The number of rotatable bonds is 3. The van der Waals surface area contributed by atoms with E-state index in [-0.39, 0.29) is 24.0 Å². The first-order valence-corrected chi connectivity index (χ1v) is 8.00. The first-order chi connectivity index (χ1) is 11.1. The average Bonchev–Trinajstić information content (AvgIpc) is 2.87. The predicted octanol–water partition coefficient (Wildman–Crippen LogP) is 0.548. The van der Waals surface area contributed by atoms with Gasteiger partial charge in [0.2, 0.25) is 11.8 Å². The molecule has 7 nitrogen and oxygen atoms in total. The maximum Gasteiger partial charge on any atom is 0.235 e. The van der Waals surface area contributed by atoms with Gasteiger partial charge >= 0.3 is 0 Å². The molecule has 2 bridgehead atoms. The van der Waals surface area contributed by atoms with E-state index in [1.165, 1.54) is 0 Å². The summed E-state index contributed by atoms with van der Waals surface area (Å²) >= 11 is 0.